The first-order chi connectivity index (χ1) is 9.01. The number of aromatic hydroxyl groups is 1. The molecule has 0 spiro atoms. The van der Waals surface area contributed by atoms with Crippen LogP contribution in [0, 0.1) is 5.82 Å². The molecule has 2 nitrogen and oxygen atoms in total. The van der Waals surface area contributed by atoms with E-state index in [2.05, 4.69) is 25.7 Å². The number of halogens is 1. The number of phenolic OH excluding ortho intramolecular Hbond substituents is 1. The molecular weight excluding hydrogens is 241 g/mol. The zero-order chi connectivity index (χ0) is 14.4. The second-order valence-corrected chi connectivity index (χ2v) is 5.23. The van der Waals surface area contributed by atoms with Crippen LogP contribution < -0.4 is 0 Å². The summed E-state index contributed by atoms with van der Waals surface area (Å²) in [4.78, 5) is 2.35. The molecule has 1 aromatic carbocycles. The Bertz CT molecular complexity index is 394. The first kappa shape index (κ1) is 16.0. The minimum Gasteiger partial charge on any atom is -0.508 e. The minimum absolute atomic E-state index is 0.0252. The molecule has 0 amide bonds. The summed E-state index contributed by atoms with van der Waals surface area (Å²) in [6.07, 6.45) is 3.30. The van der Waals surface area contributed by atoms with E-state index >= 15 is 0 Å². The number of nitrogens with zero attached hydrogens (tertiary/aromatic N) is 1. The van der Waals surface area contributed by atoms with Gasteiger partial charge in [-0.25, -0.2) is 4.39 Å². The van der Waals surface area contributed by atoms with Crippen molar-refractivity contribution in [2.24, 2.45) is 0 Å². The maximum atomic E-state index is 13.4. The molecular formula is C16H26FNO. The zero-order valence-electron chi connectivity index (χ0n) is 12.5. The lowest BCUT2D eigenvalue weighted by molar-refractivity contribution is 0.145. The summed E-state index contributed by atoms with van der Waals surface area (Å²) in [5.74, 6) is -0.113. The van der Waals surface area contributed by atoms with Crippen LogP contribution in [0.4, 0.5) is 4.39 Å². The molecule has 0 radical (unpaired) electrons. The van der Waals surface area contributed by atoms with Crippen LogP contribution >= 0.6 is 0 Å². The van der Waals surface area contributed by atoms with Gasteiger partial charge in [-0.05, 0) is 51.4 Å². The van der Waals surface area contributed by atoms with E-state index in [1.54, 1.807) is 0 Å². The van der Waals surface area contributed by atoms with Crippen LogP contribution in [0.25, 0.3) is 0 Å². The second-order valence-electron chi connectivity index (χ2n) is 5.23. The normalized spacial score (nSPS) is 14.6. The second kappa shape index (κ2) is 7.49. The largest absolute Gasteiger partial charge is 0.508 e. The van der Waals surface area contributed by atoms with Crippen molar-refractivity contribution in [1.29, 1.82) is 0 Å². The van der Waals surface area contributed by atoms with E-state index in [0.29, 0.717) is 11.6 Å². The number of hydrogen-bond donors (Lipinski definition) is 1. The maximum Gasteiger partial charge on any atom is 0.123 e. The van der Waals surface area contributed by atoms with Crippen LogP contribution in [0.1, 0.15) is 58.6 Å². The predicted molar refractivity (Wildman–Crippen MR) is 77.8 cm³/mol. The highest BCUT2D eigenvalue weighted by molar-refractivity contribution is 5.35. The lowest BCUT2D eigenvalue weighted by Gasteiger charge is -2.34. The van der Waals surface area contributed by atoms with E-state index in [1.165, 1.54) is 18.2 Å². The monoisotopic (exact) mass is 267 g/mol. The number of rotatable bonds is 7. The quantitative estimate of drug-likeness (QED) is 0.786. The van der Waals surface area contributed by atoms with E-state index in [9.17, 15) is 9.50 Å². The Morgan fingerprint density at radius 2 is 1.95 bits per heavy atom. The third-order valence-electron chi connectivity index (χ3n) is 3.86. The molecule has 0 heterocycles. The highest BCUT2D eigenvalue weighted by Gasteiger charge is 2.22. The number of phenols is 1. The molecule has 0 aliphatic rings. The average molecular weight is 267 g/mol. The fraction of sp³-hybridized carbons (Fsp3) is 0.625. The van der Waals surface area contributed by atoms with Crippen molar-refractivity contribution in [2.45, 2.75) is 59.0 Å². The molecule has 2 unspecified atom stereocenters. The molecule has 2 atom stereocenters. The molecule has 0 aromatic heterocycles. The van der Waals surface area contributed by atoms with Crippen molar-refractivity contribution in [3.8, 4) is 5.75 Å². The van der Waals surface area contributed by atoms with Crippen LogP contribution in [0.15, 0.2) is 18.2 Å². The molecule has 19 heavy (non-hydrogen) atoms. The minimum atomic E-state index is -0.292. The van der Waals surface area contributed by atoms with E-state index in [4.69, 9.17) is 0 Å². The number of benzene rings is 1. The Morgan fingerprint density at radius 3 is 2.53 bits per heavy atom. The van der Waals surface area contributed by atoms with E-state index in [1.807, 2.05) is 6.92 Å². The third kappa shape index (κ3) is 4.20. The van der Waals surface area contributed by atoms with Crippen molar-refractivity contribution < 1.29 is 9.50 Å². The van der Waals surface area contributed by atoms with E-state index < -0.39 is 0 Å². The molecule has 0 saturated carbocycles. The molecule has 108 valence electrons. The fourth-order valence-electron chi connectivity index (χ4n) is 2.41. The van der Waals surface area contributed by atoms with Gasteiger partial charge in [-0.2, -0.15) is 0 Å². The Hall–Kier alpha value is -1.09. The lowest BCUT2D eigenvalue weighted by Crippen LogP contribution is -2.36. The Morgan fingerprint density at radius 1 is 1.26 bits per heavy atom. The van der Waals surface area contributed by atoms with Gasteiger partial charge in [-0.1, -0.05) is 20.3 Å². The first-order valence-corrected chi connectivity index (χ1v) is 7.25. The SMILES string of the molecule is CCCCN(C(C)CC)C(C)c1cc(F)ccc1O. The molecule has 3 heteroatoms. The molecule has 0 aliphatic heterocycles. The van der Waals surface area contributed by atoms with Gasteiger partial charge < -0.3 is 5.11 Å². The molecule has 0 bridgehead atoms. The molecule has 1 N–H and O–H groups in total. The summed E-state index contributed by atoms with van der Waals surface area (Å²) in [5.41, 5.74) is 0.677. The van der Waals surface area contributed by atoms with Crippen LogP contribution in [0.5, 0.6) is 5.75 Å². The van der Waals surface area contributed by atoms with Crippen LogP contribution in [0.3, 0.4) is 0 Å². The smallest absolute Gasteiger partial charge is 0.123 e. The van der Waals surface area contributed by atoms with Gasteiger partial charge in [-0.15, -0.1) is 0 Å². The molecule has 0 saturated heterocycles. The Labute approximate surface area is 116 Å². The van der Waals surface area contributed by atoms with Crippen LogP contribution in [-0.2, 0) is 0 Å². The van der Waals surface area contributed by atoms with Gasteiger partial charge in [0.05, 0.1) is 0 Å². The standard InChI is InChI=1S/C16H26FNO/c1-5-7-10-18(12(3)6-2)13(4)15-11-14(17)8-9-16(15)19/h8-9,11-13,19H,5-7,10H2,1-4H3. The molecule has 1 rings (SSSR count). The Kier molecular flexibility index (Phi) is 6.29. The van der Waals surface area contributed by atoms with Crippen molar-refractivity contribution in [3.05, 3.63) is 29.6 Å². The van der Waals surface area contributed by atoms with Crippen molar-refractivity contribution >= 4 is 0 Å². The molecule has 1 aromatic rings. The van der Waals surface area contributed by atoms with Gasteiger partial charge >= 0.3 is 0 Å². The van der Waals surface area contributed by atoms with E-state index in [0.717, 1.165) is 25.8 Å². The number of hydrogen-bond acceptors (Lipinski definition) is 2. The topological polar surface area (TPSA) is 23.5 Å². The van der Waals surface area contributed by atoms with E-state index in [-0.39, 0.29) is 17.6 Å². The van der Waals surface area contributed by atoms with Crippen molar-refractivity contribution in [2.75, 3.05) is 6.54 Å². The third-order valence-corrected chi connectivity index (χ3v) is 3.86. The summed E-state index contributed by atoms with van der Waals surface area (Å²) in [6.45, 7) is 9.52. The van der Waals surface area contributed by atoms with Crippen LogP contribution in [0.2, 0.25) is 0 Å². The molecule has 0 aliphatic carbocycles. The summed E-state index contributed by atoms with van der Waals surface area (Å²) in [5, 5.41) is 9.94. The average Bonchev–Trinajstić information content (AvgIpc) is 2.41. The highest BCUT2D eigenvalue weighted by Crippen LogP contribution is 2.31. The van der Waals surface area contributed by atoms with Crippen molar-refractivity contribution in [3.63, 3.8) is 0 Å². The summed E-state index contributed by atoms with van der Waals surface area (Å²) < 4.78 is 13.4. The fourth-order valence-corrected chi connectivity index (χ4v) is 2.41. The molecule has 0 fully saturated rings. The predicted octanol–water partition coefficient (Wildman–Crippen LogP) is 4.49. The first-order valence-electron chi connectivity index (χ1n) is 7.25. The highest BCUT2D eigenvalue weighted by atomic mass is 19.1. The Balaban J connectivity index is 2.96. The summed E-state index contributed by atoms with van der Waals surface area (Å²) in [7, 11) is 0. The lowest BCUT2D eigenvalue weighted by atomic mass is 10.0. The van der Waals surface area contributed by atoms with Gasteiger partial charge in [0.15, 0.2) is 0 Å². The maximum absolute atomic E-state index is 13.4. The van der Waals surface area contributed by atoms with Gasteiger partial charge in [-0.3, -0.25) is 4.90 Å². The zero-order valence-corrected chi connectivity index (χ0v) is 12.5. The summed E-state index contributed by atoms with van der Waals surface area (Å²) in [6, 6.07) is 4.63. The summed E-state index contributed by atoms with van der Waals surface area (Å²) >= 11 is 0. The van der Waals surface area contributed by atoms with Crippen LogP contribution in [-0.4, -0.2) is 22.6 Å². The van der Waals surface area contributed by atoms with Gasteiger partial charge in [0.2, 0.25) is 0 Å². The van der Waals surface area contributed by atoms with Gasteiger partial charge in [0.1, 0.15) is 11.6 Å². The van der Waals surface area contributed by atoms with Crippen molar-refractivity contribution in [1.82, 2.24) is 4.90 Å². The number of unbranched alkanes of at least 4 members (excludes halogenated alkanes) is 1. The van der Waals surface area contributed by atoms with Gasteiger partial charge in [0.25, 0.3) is 0 Å². The van der Waals surface area contributed by atoms with Gasteiger partial charge in [0, 0.05) is 17.6 Å².